The standard InChI is InChI=1S/C48H46N2/c1-31-17-19-37(27-33(31)3)47-41-23-21-40(50-26-10-14-36-12-6-8-16-46(36)50)30-44(41)48(38-20-18-32(2)34(4)28-38)42-24-22-39(29-43(42)47)49-25-9-13-35-11-5-7-15-45(35)49/h5-8,11-12,15-17,19,21-24,27-30H,9-10,13-14,18,20,25-26H2,1-4H3. The lowest BCUT2D eigenvalue weighted by Crippen LogP contribution is -2.24. The van der Waals surface area contributed by atoms with Crippen molar-refractivity contribution in [3.05, 3.63) is 148 Å². The molecule has 0 radical (unpaired) electrons. The van der Waals surface area contributed by atoms with E-state index in [1.807, 2.05) is 0 Å². The van der Waals surface area contributed by atoms with Crippen LogP contribution in [0.5, 0.6) is 0 Å². The smallest absolute Gasteiger partial charge is 0.0443 e. The van der Waals surface area contributed by atoms with Gasteiger partial charge in [-0.3, -0.25) is 0 Å². The zero-order valence-corrected chi connectivity index (χ0v) is 29.9. The lowest BCUT2D eigenvalue weighted by atomic mass is 9.81. The van der Waals surface area contributed by atoms with Gasteiger partial charge in [-0.15, -0.1) is 0 Å². The molecule has 6 aromatic carbocycles. The molecule has 2 nitrogen and oxygen atoms in total. The van der Waals surface area contributed by atoms with E-state index in [0.717, 1.165) is 38.8 Å². The third kappa shape index (κ3) is 5.16. The largest absolute Gasteiger partial charge is 0.341 e. The summed E-state index contributed by atoms with van der Waals surface area (Å²) < 4.78 is 0. The quantitative estimate of drug-likeness (QED) is 0.175. The van der Waals surface area contributed by atoms with E-state index in [1.54, 1.807) is 0 Å². The highest BCUT2D eigenvalue weighted by Crippen LogP contribution is 2.48. The van der Waals surface area contributed by atoms with E-state index in [0.29, 0.717) is 0 Å². The van der Waals surface area contributed by atoms with Crippen LogP contribution >= 0.6 is 0 Å². The van der Waals surface area contributed by atoms with Crippen LogP contribution in [0, 0.1) is 13.8 Å². The molecule has 0 aromatic heterocycles. The predicted octanol–water partition coefficient (Wildman–Crippen LogP) is 13.0. The Morgan fingerprint density at radius 2 is 1.06 bits per heavy atom. The molecule has 2 heterocycles. The van der Waals surface area contributed by atoms with Crippen LogP contribution < -0.4 is 9.80 Å². The van der Waals surface area contributed by atoms with Crippen LogP contribution in [-0.2, 0) is 12.8 Å². The second-order valence-corrected chi connectivity index (χ2v) is 14.9. The molecular formula is C48H46N2. The van der Waals surface area contributed by atoms with Gasteiger partial charge in [0.15, 0.2) is 0 Å². The first-order valence-corrected chi connectivity index (χ1v) is 18.6. The second-order valence-electron chi connectivity index (χ2n) is 14.9. The average molecular weight is 651 g/mol. The number of hydrogen-bond donors (Lipinski definition) is 0. The number of para-hydroxylation sites is 2. The van der Waals surface area contributed by atoms with Gasteiger partial charge in [0.25, 0.3) is 0 Å². The Morgan fingerprint density at radius 1 is 0.480 bits per heavy atom. The third-order valence-electron chi connectivity index (χ3n) is 11.9. The number of rotatable bonds is 4. The average Bonchev–Trinajstić information content (AvgIpc) is 3.15. The zero-order valence-electron chi connectivity index (χ0n) is 29.9. The van der Waals surface area contributed by atoms with E-state index in [4.69, 9.17) is 0 Å². The van der Waals surface area contributed by atoms with E-state index in [2.05, 4.69) is 147 Å². The Bertz CT molecular complexity index is 2390. The van der Waals surface area contributed by atoms with Gasteiger partial charge in [-0.05, 0) is 169 Å². The lowest BCUT2D eigenvalue weighted by Gasteiger charge is -2.33. The molecule has 0 bridgehead atoms. The number of benzene rings is 6. The van der Waals surface area contributed by atoms with Crippen molar-refractivity contribution < 1.29 is 0 Å². The van der Waals surface area contributed by atoms with E-state index in [-0.39, 0.29) is 0 Å². The van der Waals surface area contributed by atoms with Crippen LogP contribution in [0.25, 0.3) is 38.2 Å². The summed E-state index contributed by atoms with van der Waals surface area (Å²) in [4.78, 5) is 5.11. The van der Waals surface area contributed by atoms with Gasteiger partial charge < -0.3 is 9.80 Å². The molecule has 0 unspecified atom stereocenters. The lowest BCUT2D eigenvalue weighted by molar-refractivity contribution is 0.767. The predicted molar refractivity (Wildman–Crippen MR) is 215 cm³/mol. The van der Waals surface area contributed by atoms with Crippen molar-refractivity contribution in [1.29, 1.82) is 0 Å². The number of aryl methyl sites for hydroxylation is 4. The van der Waals surface area contributed by atoms with Crippen molar-refractivity contribution in [2.45, 2.75) is 66.2 Å². The summed E-state index contributed by atoms with van der Waals surface area (Å²) in [5.41, 5.74) is 19.3. The molecule has 0 saturated heterocycles. The summed E-state index contributed by atoms with van der Waals surface area (Å²) in [6.07, 6.45) is 9.30. The van der Waals surface area contributed by atoms with Gasteiger partial charge in [0, 0.05) is 35.8 Å². The molecule has 248 valence electrons. The molecule has 9 rings (SSSR count). The summed E-state index contributed by atoms with van der Waals surface area (Å²) in [6.45, 7) is 11.2. The van der Waals surface area contributed by atoms with Gasteiger partial charge in [0.2, 0.25) is 0 Å². The van der Waals surface area contributed by atoms with Gasteiger partial charge in [0.05, 0.1) is 0 Å². The van der Waals surface area contributed by atoms with Gasteiger partial charge in [-0.1, -0.05) is 84.0 Å². The summed E-state index contributed by atoms with van der Waals surface area (Å²) in [6, 6.07) is 39.8. The fraction of sp³-hybridized carbons (Fsp3) is 0.250. The van der Waals surface area contributed by atoms with Crippen molar-refractivity contribution in [2.24, 2.45) is 0 Å². The Morgan fingerprint density at radius 3 is 1.66 bits per heavy atom. The molecule has 6 aromatic rings. The Hall–Kier alpha value is -5.08. The molecule has 0 amide bonds. The summed E-state index contributed by atoms with van der Waals surface area (Å²) >= 11 is 0. The molecule has 2 aliphatic heterocycles. The number of fused-ring (bicyclic) bond motifs is 4. The molecule has 3 aliphatic rings. The van der Waals surface area contributed by atoms with Crippen LogP contribution in [-0.4, -0.2) is 13.1 Å². The third-order valence-corrected chi connectivity index (χ3v) is 11.9. The minimum absolute atomic E-state index is 1.04. The monoisotopic (exact) mass is 650 g/mol. The normalized spacial score (nSPS) is 16.1. The van der Waals surface area contributed by atoms with E-state index < -0.39 is 0 Å². The van der Waals surface area contributed by atoms with E-state index >= 15 is 0 Å². The maximum atomic E-state index is 2.56. The highest BCUT2D eigenvalue weighted by molar-refractivity contribution is 6.20. The molecule has 0 N–H and O–H groups in total. The maximum Gasteiger partial charge on any atom is 0.0443 e. The van der Waals surface area contributed by atoms with Gasteiger partial charge in [-0.25, -0.2) is 0 Å². The van der Waals surface area contributed by atoms with E-state index in [1.165, 1.54) is 113 Å². The maximum absolute atomic E-state index is 2.56. The minimum Gasteiger partial charge on any atom is -0.341 e. The van der Waals surface area contributed by atoms with Crippen molar-refractivity contribution in [1.82, 2.24) is 0 Å². The highest BCUT2D eigenvalue weighted by Gasteiger charge is 2.25. The molecule has 2 heteroatoms. The van der Waals surface area contributed by atoms with Crippen molar-refractivity contribution in [2.75, 3.05) is 22.9 Å². The van der Waals surface area contributed by atoms with Crippen molar-refractivity contribution >= 4 is 49.9 Å². The van der Waals surface area contributed by atoms with Crippen LogP contribution in [0.1, 0.15) is 67.3 Å². The van der Waals surface area contributed by atoms with Crippen molar-refractivity contribution in [3.63, 3.8) is 0 Å². The van der Waals surface area contributed by atoms with Crippen LogP contribution in [0.4, 0.5) is 22.7 Å². The van der Waals surface area contributed by atoms with Crippen LogP contribution in [0.2, 0.25) is 0 Å². The topological polar surface area (TPSA) is 6.48 Å². The Balaban J connectivity index is 1.36. The SMILES string of the molecule is CC1=C(C)CCC(c2c3cc(N4CCCc5ccccc54)ccc3c(-c3ccc(C)c(C)c3)c3cc(N4CCCc5ccccc54)ccc23)=C1. The highest BCUT2D eigenvalue weighted by atomic mass is 15.1. The van der Waals surface area contributed by atoms with Crippen LogP contribution in [0.15, 0.2) is 120 Å². The van der Waals surface area contributed by atoms with Gasteiger partial charge in [-0.2, -0.15) is 0 Å². The van der Waals surface area contributed by atoms with E-state index in [9.17, 15) is 0 Å². The fourth-order valence-electron chi connectivity index (χ4n) is 8.87. The number of nitrogens with zero attached hydrogens (tertiary/aromatic N) is 2. The Kier molecular flexibility index (Phi) is 7.65. The summed E-state index contributed by atoms with van der Waals surface area (Å²) in [7, 11) is 0. The van der Waals surface area contributed by atoms with Crippen LogP contribution in [0.3, 0.4) is 0 Å². The number of anilines is 4. The molecule has 1 aliphatic carbocycles. The second kappa shape index (κ2) is 12.4. The number of hydrogen-bond acceptors (Lipinski definition) is 2. The Labute approximate surface area is 297 Å². The zero-order chi connectivity index (χ0) is 33.9. The summed E-state index contributed by atoms with van der Waals surface area (Å²) in [5, 5.41) is 5.40. The molecule has 0 fully saturated rings. The molecule has 0 atom stereocenters. The van der Waals surface area contributed by atoms with Crippen molar-refractivity contribution in [3.8, 4) is 11.1 Å². The molecule has 0 saturated carbocycles. The first-order chi connectivity index (χ1) is 24.4. The van der Waals surface area contributed by atoms with Gasteiger partial charge in [0.1, 0.15) is 0 Å². The minimum atomic E-state index is 1.04. The van der Waals surface area contributed by atoms with Gasteiger partial charge >= 0.3 is 0 Å². The molecular weight excluding hydrogens is 605 g/mol. The molecule has 50 heavy (non-hydrogen) atoms. The molecule has 0 spiro atoms. The fourth-order valence-corrected chi connectivity index (χ4v) is 8.87. The summed E-state index contributed by atoms with van der Waals surface area (Å²) in [5.74, 6) is 0. The first-order valence-electron chi connectivity index (χ1n) is 18.6. The number of allylic oxidation sites excluding steroid dienone is 4. The first kappa shape index (κ1) is 30.9.